The Hall–Kier alpha value is -1.20. The van der Waals surface area contributed by atoms with Gasteiger partial charge in [0.1, 0.15) is 0 Å². The van der Waals surface area contributed by atoms with Gasteiger partial charge >= 0.3 is 0 Å². The molecule has 0 spiro atoms. The smallest absolute Gasteiger partial charge is 0.153 e. The van der Waals surface area contributed by atoms with Crippen LogP contribution < -0.4 is 5.73 Å². The van der Waals surface area contributed by atoms with Gasteiger partial charge in [0.2, 0.25) is 0 Å². The monoisotopic (exact) mass is 294 g/mol. The Bertz CT molecular complexity index is 545. The molecule has 0 aliphatic heterocycles. The summed E-state index contributed by atoms with van der Waals surface area (Å²) in [4.78, 5) is 4.33. The van der Waals surface area contributed by atoms with Gasteiger partial charge in [0.25, 0.3) is 0 Å². The van der Waals surface area contributed by atoms with Crippen LogP contribution in [0.4, 0.5) is 0 Å². The third kappa shape index (κ3) is 2.25. The zero-order chi connectivity index (χ0) is 12.6. The zero-order valence-corrected chi connectivity index (χ0v) is 11.7. The topological polar surface area (TPSA) is 56.7 Å². The normalized spacial score (nSPS) is 12.8. The molecule has 2 aromatic heterocycles. The summed E-state index contributed by atoms with van der Waals surface area (Å²) in [7, 11) is 0. The minimum absolute atomic E-state index is 0.00263. The molecule has 4 nitrogen and oxygen atoms in total. The summed E-state index contributed by atoms with van der Waals surface area (Å²) in [6.07, 6.45) is 1.76. The number of hydrogen-bond donors (Lipinski definition) is 1. The van der Waals surface area contributed by atoms with Crippen molar-refractivity contribution in [3.8, 4) is 5.82 Å². The molecule has 0 fully saturated rings. The Kier molecular flexibility index (Phi) is 3.31. The highest BCUT2D eigenvalue weighted by Crippen LogP contribution is 2.22. The fraction of sp³-hybridized carbons (Fsp3) is 0.333. The first-order valence-electron chi connectivity index (χ1n) is 5.44. The second kappa shape index (κ2) is 4.58. The summed E-state index contributed by atoms with van der Waals surface area (Å²) in [6.45, 7) is 5.92. The Labute approximate surface area is 109 Å². The van der Waals surface area contributed by atoms with E-state index in [9.17, 15) is 0 Å². The van der Waals surface area contributed by atoms with E-state index >= 15 is 0 Å². The van der Waals surface area contributed by atoms with E-state index in [0.717, 1.165) is 27.2 Å². The van der Waals surface area contributed by atoms with Gasteiger partial charge in [0.05, 0.1) is 15.9 Å². The number of pyridine rings is 1. The van der Waals surface area contributed by atoms with Crippen molar-refractivity contribution in [2.24, 2.45) is 5.73 Å². The summed E-state index contributed by atoms with van der Waals surface area (Å²) in [5.74, 6) is 0.797. The molecule has 0 saturated heterocycles. The van der Waals surface area contributed by atoms with Gasteiger partial charge in [0.15, 0.2) is 5.82 Å². The van der Waals surface area contributed by atoms with Gasteiger partial charge in [-0.1, -0.05) is 0 Å². The summed E-state index contributed by atoms with van der Waals surface area (Å²) < 4.78 is 2.84. The van der Waals surface area contributed by atoms with Crippen LogP contribution in [-0.4, -0.2) is 14.8 Å². The summed E-state index contributed by atoms with van der Waals surface area (Å²) in [6, 6.07) is 3.89. The van der Waals surface area contributed by atoms with Crippen molar-refractivity contribution in [3.63, 3.8) is 0 Å². The van der Waals surface area contributed by atoms with Gasteiger partial charge in [-0.15, -0.1) is 0 Å². The Balaban J connectivity index is 2.53. The lowest BCUT2D eigenvalue weighted by molar-refractivity contribution is 0.780. The lowest BCUT2D eigenvalue weighted by Crippen LogP contribution is -2.08. The maximum atomic E-state index is 5.87. The fourth-order valence-electron chi connectivity index (χ4n) is 1.68. The van der Waals surface area contributed by atoms with Gasteiger partial charge in [-0.25, -0.2) is 9.67 Å². The molecule has 90 valence electrons. The van der Waals surface area contributed by atoms with E-state index in [4.69, 9.17) is 5.73 Å². The number of nitrogens with two attached hydrogens (primary N) is 1. The Morgan fingerprint density at radius 1 is 1.41 bits per heavy atom. The predicted molar refractivity (Wildman–Crippen MR) is 71.1 cm³/mol. The molecule has 0 unspecified atom stereocenters. The molecule has 2 heterocycles. The quantitative estimate of drug-likeness (QED) is 0.926. The van der Waals surface area contributed by atoms with Crippen molar-refractivity contribution in [3.05, 3.63) is 39.8 Å². The Morgan fingerprint density at radius 2 is 2.12 bits per heavy atom. The molecule has 0 aliphatic carbocycles. The van der Waals surface area contributed by atoms with Crippen LogP contribution in [0.2, 0.25) is 0 Å². The lowest BCUT2D eigenvalue weighted by atomic mass is 10.1. The first-order valence-corrected chi connectivity index (χ1v) is 6.23. The summed E-state index contributed by atoms with van der Waals surface area (Å²) in [5, 5.41) is 4.45. The third-order valence-electron chi connectivity index (χ3n) is 2.72. The molecule has 2 rings (SSSR count). The van der Waals surface area contributed by atoms with Crippen LogP contribution in [0.1, 0.15) is 29.9 Å². The average Bonchev–Trinajstić information content (AvgIpc) is 2.57. The van der Waals surface area contributed by atoms with Crippen LogP contribution in [0.15, 0.2) is 22.8 Å². The van der Waals surface area contributed by atoms with Crippen LogP contribution in [0.3, 0.4) is 0 Å². The second-order valence-corrected chi connectivity index (χ2v) is 4.93. The molecular weight excluding hydrogens is 280 g/mol. The standard InChI is InChI=1S/C12H15BrN4/c1-7(14)10-4-5-15-11(6-10)17-9(3)12(13)8(2)16-17/h4-7H,14H2,1-3H3/t7-/m1/s1. The highest BCUT2D eigenvalue weighted by molar-refractivity contribution is 9.10. The molecular formula is C12H15BrN4. The minimum Gasteiger partial charge on any atom is -0.324 e. The van der Waals surface area contributed by atoms with E-state index in [2.05, 4.69) is 26.0 Å². The van der Waals surface area contributed by atoms with Crippen molar-refractivity contribution in [1.82, 2.24) is 14.8 Å². The van der Waals surface area contributed by atoms with E-state index in [-0.39, 0.29) is 6.04 Å². The van der Waals surface area contributed by atoms with E-state index in [1.165, 1.54) is 0 Å². The number of aryl methyl sites for hydroxylation is 1. The third-order valence-corrected chi connectivity index (χ3v) is 3.86. The Morgan fingerprint density at radius 3 is 2.65 bits per heavy atom. The molecule has 0 bridgehead atoms. The number of rotatable bonds is 2. The van der Waals surface area contributed by atoms with Crippen LogP contribution in [-0.2, 0) is 0 Å². The van der Waals surface area contributed by atoms with Gasteiger partial charge in [-0.3, -0.25) is 0 Å². The fourth-order valence-corrected chi connectivity index (χ4v) is 1.93. The van der Waals surface area contributed by atoms with E-state index in [1.54, 1.807) is 6.20 Å². The minimum atomic E-state index is -0.00263. The van der Waals surface area contributed by atoms with Crippen LogP contribution in [0.25, 0.3) is 5.82 Å². The van der Waals surface area contributed by atoms with E-state index < -0.39 is 0 Å². The summed E-state index contributed by atoms with van der Waals surface area (Å²) in [5.41, 5.74) is 8.91. The van der Waals surface area contributed by atoms with E-state index in [0.29, 0.717) is 0 Å². The molecule has 1 atom stereocenters. The van der Waals surface area contributed by atoms with Crippen LogP contribution >= 0.6 is 15.9 Å². The molecule has 0 aliphatic rings. The largest absolute Gasteiger partial charge is 0.324 e. The van der Waals surface area contributed by atoms with Gasteiger partial charge < -0.3 is 5.73 Å². The van der Waals surface area contributed by atoms with Crippen molar-refractivity contribution >= 4 is 15.9 Å². The average molecular weight is 295 g/mol. The first kappa shape index (κ1) is 12.3. The molecule has 5 heteroatoms. The van der Waals surface area contributed by atoms with Crippen LogP contribution in [0, 0.1) is 13.8 Å². The second-order valence-electron chi connectivity index (χ2n) is 4.13. The maximum Gasteiger partial charge on any atom is 0.153 e. The highest BCUT2D eigenvalue weighted by Gasteiger charge is 2.11. The number of hydrogen-bond acceptors (Lipinski definition) is 3. The zero-order valence-electron chi connectivity index (χ0n) is 10.1. The molecule has 0 amide bonds. The van der Waals surface area contributed by atoms with Gasteiger partial charge in [-0.05, 0) is 54.4 Å². The molecule has 2 N–H and O–H groups in total. The SMILES string of the molecule is Cc1nn(-c2cc([C@@H](C)N)ccn2)c(C)c1Br. The first-order chi connectivity index (χ1) is 8.00. The molecule has 0 saturated carbocycles. The van der Waals surface area contributed by atoms with Crippen molar-refractivity contribution in [2.75, 3.05) is 0 Å². The molecule has 17 heavy (non-hydrogen) atoms. The van der Waals surface area contributed by atoms with Crippen molar-refractivity contribution in [1.29, 1.82) is 0 Å². The summed E-state index contributed by atoms with van der Waals surface area (Å²) >= 11 is 3.51. The van der Waals surface area contributed by atoms with Gasteiger partial charge in [0, 0.05) is 12.2 Å². The van der Waals surface area contributed by atoms with Crippen LogP contribution in [0.5, 0.6) is 0 Å². The number of aromatic nitrogens is 3. The number of halogens is 1. The number of nitrogens with zero attached hydrogens (tertiary/aromatic N) is 3. The molecule has 0 radical (unpaired) electrons. The van der Waals surface area contributed by atoms with Crippen molar-refractivity contribution in [2.45, 2.75) is 26.8 Å². The lowest BCUT2D eigenvalue weighted by Gasteiger charge is -2.08. The predicted octanol–water partition coefficient (Wildman–Crippen LogP) is 2.67. The molecule has 2 aromatic rings. The molecule has 0 aromatic carbocycles. The van der Waals surface area contributed by atoms with E-state index in [1.807, 2.05) is 37.6 Å². The highest BCUT2D eigenvalue weighted by atomic mass is 79.9. The van der Waals surface area contributed by atoms with Gasteiger partial charge in [-0.2, -0.15) is 5.10 Å². The van der Waals surface area contributed by atoms with Crippen molar-refractivity contribution < 1.29 is 0 Å². The maximum absolute atomic E-state index is 5.87.